The Balaban J connectivity index is 1.69. The van der Waals surface area contributed by atoms with Crippen molar-refractivity contribution in [1.82, 2.24) is 19.8 Å². The molecule has 0 aromatic carbocycles. The van der Waals surface area contributed by atoms with Crippen LogP contribution in [0, 0.1) is 0 Å². The normalized spacial score (nSPS) is 16.0. The number of H-pyrrole nitrogens is 1. The van der Waals surface area contributed by atoms with E-state index in [1.807, 2.05) is 0 Å². The van der Waals surface area contributed by atoms with Crippen molar-refractivity contribution in [3.05, 3.63) is 35.9 Å². The molecule has 22 heavy (non-hydrogen) atoms. The molecule has 1 aliphatic rings. The van der Waals surface area contributed by atoms with Crippen molar-refractivity contribution in [3.63, 3.8) is 0 Å². The molecule has 8 nitrogen and oxygen atoms in total. The van der Waals surface area contributed by atoms with Gasteiger partial charge in [0.2, 0.25) is 5.09 Å². The lowest BCUT2D eigenvalue weighted by Crippen LogP contribution is -2.27. The van der Waals surface area contributed by atoms with E-state index in [2.05, 4.69) is 15.5 Å². The Morgan fingerprint density at radius 1 is 1.32 bits per heavy atom. The maximum Gasteiger partial charge on any atom is 0.287 e. The van der Waals surface area contributed by atoms with E-state index in [1.54, 1.807) is 12.3 Å². The zero-order valence-electron chi connectivity index (χ0n) is 11.8. The van der Waals surface area contributed by atoms with E-state index in [0.29, 0.717) is 13.1 Å². The van der Waals surface area contributed by atoms with Gasteiger partial charge in [-0.05, 0) is 31.0 Å². The number of hydrogen-bond acceptors (Lipinski definition) is 5. The second kappa shape index (κ2) is 5.93. The molecule has 1 aliphatic heterocycles. The standard InChI is InChI=1S/C13H16N4O4S/c18-13(14-9-10-5-6-15-16-10)11-3-4-12(21-11)22(19,20)17-7-1-2-8-17/h3-6H,1-2,7-9H2,(H,14,18)(H,15,16). The molecule has 0 radical (unpaired) electrons. The van der Waals surface area contributed by atoms with E-state index in [4.69, 9.17) is 4.42 Å². The lowest BCUT2D eigenvalue weighted by molar-refractivity contribution is 0.0917. The summed E-state index contributed by atoms with van der Waals surface area (Å²) in [6.07, 6.45) is 3.27. The number of aromatic nitrogens is 2. The minimum atomic E-state index is -3.64. The number of nitrogens with one attached hydrogen (secondary N) is 2. The van der Waals surface area contributed by atoms with Crippen LogP contribution in [0.15, 0.2) is 33.9 Å². The second-order valence-corrected chi connectivity index (χ2v) is 6.86. The molecule has 2 aromatic heterocycles. The van der Waals surface area contributed by atoms with Crippen LogP contribution in [0.4, 0.5) is 0 Å². The molecule has 3 heterocycles. The van der Waals surface area contributed by atoms with Crippen LogP contribution in [0.2, 0.25) is 0 Å². The molecule has 0 atom stereocenters. The number of nitrogens with zero attached hydrogens (tertiary/aromatic N) is 2. The quantitative estimate of drug-likeness (QED) is 0.842. The molecule has 118 valence electrons. The highest BCUT2D eigenvalue weighted by Crippen LogP contribution is 2.22. The molecule has 0 unspecified atom stereocenters. The number of sulfonamides is 1. The lowest BCUT2D eigenvalue weighted by atomic mass is 10.4. The maximum atomic E-state index is 12.3. The van der Waals surface area contributed by atoms with E-state index < -0.39 is 15.9 Å². The smallest absolute Gasteiger partial charge is 0.287 e. The third kappa shape index (κ3) is 2.90. The van der Waals surface area contributed by atoms with Crippen LogP contribution in [0.1, 0.15) is 29.1 Å². The highest BCUT2D eigenvalue weighted by atomic mass is 32.2. The van der Waals surface area contributed by atoms with Gasteiger partial charge in [0.1, 0.15) is 0 Å². The molecule has 0 aliphatic carbocycles. The van der Waals surface area contributed by atoms with Crippen molar-refractivity contribution in [2.45, 2.75) is 24.5 Å². The zero-order chi connectivity index (χ0) is 15.6. The summed E-state index contributed by atoms with van der Waals surface area (Å²) in [4.78, 5) is 12.0. The molecule has 2 N–H and O–H groups in total. The van der Waals surface area contributed by atoms with Gasteiger partial charge in [0.05, 0.1) is 12.2 Å². The van der Waals surface area contributed by atoms with E-state index in [1.165, 1.54) is 16.4 Å². The molecule has 9 heteroatoms. The number of carbonyl (C=O) groups is 1. The largest absolute Gasteiger partial charge is 0.438 e. The van der Waals surface area contributed by atoms with Crippen molar-refractivity contribution < 1.29 is 17.6 Å². The van der Waals surface area contributed by atoms with Gasteiger partial charge in [-0.15, -0.1) is 0 Å². The minimum absolute atomic E-state index is 0.0303. The first-order valence-electron chi connectivity index (χ1n) is 6.94. The fourth-order valence-corrected chi connectivity index (χ4v) is 3.71. The van der Waals surface area contributed by atoms with Crippen LogP contribution in [0.3, 0.4) is 0 Å². The first kappa shape index (κ1) is 14.8. The van der Waals surface area contributed by atoms with E-state index in [0.717, 1.165) is 18.5 Å². The van der Waals surface area contributed by atoms with Gasteiger partial charge in [-0.25, -0.2) is 8.42 Å². The van der Waals surface area contributed by atoms with Gasteiger partial charge >= 0.3 is 0 Å². The summed E-state index contributed by atoms with van der Waals surface area (Å²) in [5.74, 6) is -0.505. The highest BCUT2D eigenvalue weighted by molar-refractivity contribution is 7.89. The van der Waals surface area contributed by atoms with Crippen molar-refractivity contribution in [2.24, 2.45) is 0 Å². The molecule has 1 amide bonds. The molecule has 1 fully saturated rings. The molecule has 1 saturated heterocycles. The van der Waals surface area contributed by atoms with Crippen LogP contribution < -0.4 is 5.32 Å². The van der Waals surface area contributed by atoms with Crippen molar-refractivity contribution in [1.29, 1.82) is 0 Å². The number of amides is 1. The van der Waals surface area contributed by atoms with Gasteiger partial charge < -0.3 is 9.73 Å². The molecular weight excluding hydrogens is 308 g/mol. The van der Waals surface area contributed by atoms with Crippen molar-refractivity contribution in [3.8, 4) is 0 Å². The van der Waals surface area contributed by atoms with E-state index >= 15 is 0 Å². The summed E-state index contributed by atoms with van der Waals surface area (Å²) in [6.45, 7) is 1.24. The van der Waals surface area contributed by atoms with E-state index in [9.17, 15) is 13.2 Å². The first-order valence-corrected chi connectivity index (χ1v) is 8.38. The molecular formula is C13H16N4O4S. The van der Waals surface area contributed by atoms with Crippen LogP contribution in [-0.2, 0) is 16.6 Å². The summed E-state index contributed by atoms with van der Waals surface area (Å²) in [5.41, 5.74) is 0.741. The van der Waals surface area contributed by atoms with Gasteiger partial charge in [-0.3, -0.25) is 9.89 Å². The number of furan rings is 1. The average Bonchev–Trinajstić information content (AvgIpc) is 3.27. The second-order valence-electron chi connectivity index (χ2n) is 4.99. The van der Waals surface area contributed by atoms with Gasteiger partial charge in [-0.2, -0.15) is 9.40 Å². The van der Waals surface area contributed by atoms with E-state index in [-0.39, 0.29) is 17.4 Å². The summed E-state index contributed by atoms with van der Waals surface area (Å²) in [6, 6.07) is 4.41. The Kier molecular flexibility index (Phi) is 3.99. The predicted octanol–water partition coefficient (Wildman–Crippen LogP) is 0.717. The van der Waals surface area contributed by atoms with Crippen LogP contribution in [0.5, 0.6) is 0 Å². The van der Waals surface area contributed by atoms with Crippen LogP contribution in [-0.4, -0.2) is 41.9 Å². The third-order valence-corrected chi connectivity index (χ3v) is 5.24. The highest BCUT2D eigenvalue weighted by Gasteiger charge is 2.30. The molecule has 2 aromatic rings. The SMILES string of the molecule is O=C(NCc1ccn[nH]1)c1ccc(S(=O)(=O)N2CCCC2)o1. The fourth-order valence-electron chi connectivity index (χ4n) is 2.28. The lowest BCUT2D eigenvalue weighted by Gasteiger charge is -2.12. The number of hydrogen-bond donors (Lipinski definition) is 2. The van der Waals surface area contributed by atoms with Crippen LogP contribution >= 0.6 is 0 Å². The maximum absolute atomic E-state index is 12.3. The monoisotopic (exact) mass is 324 g/mol. The molecule has 0 spiro atoms. The molecule has 0 bridgehead atoms. The van der Waals surface area contributed by atoms with Gasteiger partial charge in [0.25, 0.3) is 15.9 Å². The summed E-state index contributed by atoms with van der Waals surface area (Å²) in [5, 5.41) is 8.91. The topological polar surface area (TPSA) is 108 Å². The fraction of sp³-hybridized carbons (Fsp3) is 0.385. The van der Waals surface area contributed by atoms with Gasteiger partial charge in [0.15, 0.2) is 5.76 Å². The Bertz CT molecular complexity index is 745. The van der Waals surface area contributed by atoms with Gasteiger partial charge in [-0.1, -0.05) is 0 Å². The van der Waals surface area contributed by atoms with Crippen molar-refractivity contribution >= 4 is 15.9 Å². The Morgan fingerprint density at radius 2 is 2.09 bits per heavy atom. The zero-order valence-corrected chi connectivity index (χ0v) is 12.6. The number of aromatic amines is 1. The number of rotatable bonds is 5. The number of carbonyl (C=O) groups excluding carboxylic acids is 1. The van der Waals surface area contributed by atoms with Crippen molar-refractivity contribution in [2.75, 3.05) is 13.1 Å². The Hall–Kier alpha value is -2.13. The van der Waals surface area contributed by atoms with Crippen LogP contribution in [0.25, 0.3) is 0 Å². The molecule has 3 rings (SSSR count). The average molecular weight is 324 g/mol. The predicted molar refractivity (Wildman–Crippen MR) is 76.5 cm³/mol. The summed E-state index contributed by atoms with van der Waals surface area (Å²) in [7, 11) is -3.64. The Labute approximate surface area is 127 Å². The third-order valence-electron chi connectivity index (χ3n) is 3.46. The molecule has 0 saturated carbocycles. The van der Waals surface area contributed by atoms with Gasteiger partial charge in [0, 0.05) is 19.3 Å². The Morgan fingerprint density at radius 3 is 2.77 bits per heavy atom. The minimum Gasteiger partial charge on any atom is -0.438 e. The summed E-state index contributed by atoms with van der Waals surface area (Å²) < 4.78 is 31.2. The first-order chi connectivity index (χ1) is 10.6. The summed E-state index contributed by atoms with van der Waals surface area (Å²) >= 11 is 0.